The number of nitrogens with zero attached hydrogens (tertiary/aromatic N) is 1. The molecular weight excluding hydrogens is 220 g/mol. The Kier molecular flexibility index (Phi) is 6.13. The molecule has 3 atom stereocenters. The Hall–Kier alpha value is -0.0800. The molecule has 1 aliphatic heterocycles. The van der Waals surface area contributed by atoms with Gasteiger partial charge in [0.05, 0.1) is 0 Å². The Balaban J connectivity index is 2.51. The van der Waals surface area contributed by atoms with E-state index in [0.717, 1.165) is 18.4 Å². The van der Waals surface area contributed by atoms with Gasteiger partial charge in [-0.1, -0.05) is 27.7 Å². The Bertz CT molecular complexity index is 232. The van der Waals surface area contributed by atoms with Crippen LogP contribution in [-0.4, -0.2) is 37.6 Å². The molecule has 3 unspecified atom stereocenters. The summed E-state index contributed by atoms with van der Waals surface area (Å²) in [5, 5.41) is 3.31. The molecule has 1 rings (SSSR count). The molecule has 0 aromatic rings. The second-order valence-electron chi connectivity index (χ2n) is 7.31. The van der Waals surface area contributed by atoms with Gasteiger partial charge in [0.25, 0.3) is 0 Å². The molecule has 1 aliphatic rings. The van der Waals surface area contributed by atoms with Gasteiger partial charge in [0.2, 0.25) is 0 Å². The molecular formula is C16H34N2. The van der Waals surface area contributed by atoms with Gasteiger partial charge in [-0.15, -0.1) is 0 Å². The summed E-state index contributed by atoms with van der Waals surface area (Å²) in [4.78, 5) is 2.72. The first-order valence-corrected chi connectivity index (χ1v) is 7.75. The summed E-state index contributed by atoms with van der Waals surface area (Å²) < 4.78 is 0. The first-order chi connectivity index (χ1) is 8.36. The summed E-state index contributed by atoms with van der Waals surface area (Å²) in [5.41, 5.74) is 0.482. The van der Waals surface area contributed by atoms with Crippen molar-refractivity contribution in [2.24, 2.45) is 17.3 Å². The number of hydrogen-bond acceptors (Lipinski definition) is 2. The zero-order valence-corrected chi connectivity index (χ0v) is 13.4. The molecule has 0 bridgehead atoms. The first kappa shape index (κ1) is 16.0. The van der Waals surface area contributed by atoms with Crippen molar-refractivity contribution in [2.45, 2.75) is 59.9 Å². The number of hydrogen-bond donors (Lipinski definition) is 1. The van der Waals surface area contributed by atoms with Gasteiger partial charge < -0.3 is 10.2 Å². The van der Waals surface area contributed by atoms with Crippen LogP contribution in [0.3, 0.4) is 0 Å². The minimum absolute atomic E-state index is 0.482. The summed E-state index contributed by atoms with van der Waals surface area (Å²) in [5.74, 6) is 1.63. The zero-order valence-electron chi connectivity index (χ0n) is 13.4. The summed E-state index contributed by atoms with van der Waals surface area (Å²) in [6.07, 6.45) is 4.16. The molecule has 1 N–H and O–H groups in total. The van der Waals surface area contributed by atoms with Crippen LogP contribution < -0.4 is 5.32 Å². The zero-order chi connectivity index (χ0) is 13.8. The van der Waals surface area contributed by atoms with Crippen LogP contribution in [0.25, 0.3) is 0 Å². The lowest BCUT2D eigenvalue weighted by Crippen LogP contribution is -2.41. The van der Waals surface area contributed by atoms with E-state index in [1.165, 1.54) is 32.4 Å². The standard InChI is InChI=1S/C16H34N2/c1-13(12-17-6)14(2)18-10-7-8-15(9-11-18)16(3,4)5/h13-15,17H,7-12H2,1-6H3. The maximum atomic E-state index is 3.31. The average Bonchev–Trinajstić information content (AvgIpc) is 2.53. The van der Waals surface area contributed by atoms with Gasteiger partial charge in [-0.05, 0) is 70.1 Å². The minimum atomic E-state index is 0.482. The molecule has 1 heterocycles. The Morgan fingerprint density at radius 1 is 1.17 bits per heavy atom. The monoisotopic (exact) mass is 254 g/mol. The number of rotatable bonds is 4. The van der Waals surface area contributed by atoms with E-state index in [4.69, 9.17) is 0 Å². The molecule has 0 aromatic carbocycles. The van der Waals surface area contributed by atoms with Crippen LogP contribution in [0.4, 0.5) is 0 Å². The predicted octanol–water partition coefficient (Wildman–Crippen LogP) is 3.38. The lowest BCUT2D eigenvalue weighted by atomic mass is 9.77. The van der Waals surface area contributed by atoms with Crippen LogP contribution in [0.5, 0.6) is 0 Å². The molecule has 0 aliphatic carbocycles. The molecule has 0 amide bonds. The van der Waals surface area contributed by atoms with Gasteiger partial charge in [-0.25, -0.2) is 0 Å². The number of likely N-dealkylation sites (tertiary alicyclic amines) is 1. The lowest BCUT2D eigenvalue weighted by Gasteiger charge is -2.33. The fraction of sp³-hybridized carbons (Fsp3) is 1.00. The van der Waals surface area contributed by atoms with E-state index in [9.17, 15) is 0 Å². The molecule has 0 saturated carbocycles. The Morgan fingerprint density at radius 2 is 1.83 bits per heavy atom. The highest BCUT2D eigenvalue weighted by molar-refractivity contribution is 4.82. The van der Waals surface area contributed by atoms with Crippen molar-refractivity contribution < 1.29 is 0 Å². The maximum Gasteiger partial charge on any atom is 0.0105 e. The number of nitrogens with one attached hydrogen (secondary N) is 1. The van der Waals surface area contributed by atoms with E-state index in [0.29, 0.717) is 11.5 Å². The fourth-order valence-corrected chi connectivity index (χ4v) is 3.24. The van der Waals surface area contributed by atoms with E-state index >= 15 is 0 Å². The van der Waals surface area contributed by atoms with Gasteiger partial charge in [0.1, 0.15) is 0 Å². The van der Waals surface area contributed by atoms with Gasteiger partial charge in [-0.2, -0.15) is 0 Å². The average molecular weight is 254 g/mol. The van der Waals surface area contributed by atoms with Crippen LogP contribution in [0.15, 0.2) is 0 Å². The smallest absolute Gasteiger partial charge is 0.0105 e. The molecule has 0 spiro atoms. The van der Waals surface area contributed by atoms with Crippen LogP contribution in [0, 0.1) is 17.3 Å². The third-order valence-electron chi connectivity index (χ3n) is 4.91. The maximum absolute atomic E-state index is 3.31. The van der Waals surface area contributed by atoms with Gasteiger partial charge in [0, 0.05) is 6.04 Å². The Labute approximate surface area is 115 Å². The van der Waals surface area contributed by atoms with Crippen molar-refractivity contribution in [1.82, 2.24) is 10.2 Å². The first-order valence-electron chi connectivity index (χ1n) is 7.75. The van der Waals surface area contributed by atoms with Crippen molar-refractivity contribution in [3.63, 3.8) is 0 Å². The molecule has 2 heteroatoms. The molecule has 0 radical (unpaired) electrons. The molecule has 1 saturated heterocycles. The minimum Gasteiger partial charge on any atom is -0.319 e. The summed E-state index contributed by atoms with van der Waals surface area (Å²) in [7, 11) is 2.06. The normalized spacial score (nSPS) is 26.7. The fourth-order valence-electron chi connectivity index (χ4n) is 3.24. The van der Waals surface area contributed by atoms with Gasteiger partial charge in [0.15, 0.2) is 0 Å². The van der Waals surface area contributed by atoms with E-state index in [1.54, 1.807) is 0 Å². The quantitative estimate of drug-likeness (QED) is 0.827. The van der Waals surface area contributed by atoms with Gasteiger partial charge >= 0.3 is 0 Å². The van der Waals surface area contributed by atoms with Crippen LogP contribution >= 0.6 is 0 Å². The SMILES string of the molecule is CNCC(C)C(C)N1CCCC(C(C)(C)C)CC1. The highest BCUT2D eigenvalue weighted by Crippen LogP contribution is 2.34. The summed E-state index contributed by atoms with van der Waals surface area (Å²) in [6, 6.07) is 0.705. The predicted molar refractivity (Wildman–Crippen MR) is 80.9 cm³/mol. The van der Waals surface area contributed by atoms with E-state index in [-0.39, 0.29) is 0 Å². The van der Waals surface area contributed by atoms with E-state index in [2.05, 4.69) is 51.9 Å². The molecule has 1 fully saturated rings. The third-order valence-corrected chi connectivity index (χ3v) is 4.91. The molecule has 18 heavy (non-hydrogen) atoms. The van der Waals surface area contributed by atoms with E-state index in [1.807, 2.05) is 0 Å². The van der Waals surface area contributed by atoms with Crippen LogP contribution in [-0.2, 0) is 0 Å². The van der Waals surface area contributed by atoms with Crippen LogP contribution in [0.1, 0.15) is 53.9 Å². The second kappa shape index (κ2) is 6.91. The largest absolute Gasteiger partial charge is 0.319 e. The molecule has 108 valence electrons. The van der Waals surface area contributed by atoms with Crippen molar-refractivity contribution in [1.29, 1.82) is 0 Å². The molecule has 0 aromatic heterocycles. The summed E-state index contributed by atoms with van der Waals surface area (Å²) >= 11 is 0. The highest BCUT2D eigenvalue weighted by atomic mass is 15.2. The third kappa shape index (κ3) is 4.55. The van der Waals surface area contributed by atoms with Crippen molar-refractivity contribution >= 4 is 0 Å². The Morgan fingerprint density at radius 3 is 2.39 bits per heavy atom. The second-order valence-corrected chi connectivity index (χ2v) is 7.31. The van der Waals surface area contributed by atoms with Crippen molar-refractivity contribution in [2.75, 3.05) is 26.7 Å². The van der Waals surface area contributed by atoms with Gasteiger partial charge in [-0.3, -0.25) is 0 Å². The van der Waals surface area contributed by atoms with E-state index < -0.39 is 0 Å². The highest BCUT2D eigenvalue weighted by Gasteiger charge is 2.29. The topological polar surface area (TPSA) is 15.3 Å². The summed E-state index contributed by atoms with van der Waals surface area (Å²) in [6.45, 7) is 15.7. The van der Waals surface area contributed by atoms with Crippen LogP contribution in [0.2, 0.25) is 0 Å². The molecule has 2 nitrogen and oxygen atoms in total. The van der Waals surface area contributed by atoms with Crippen molar-refractivity contribution in [3.05, 3.63) is 0 Å². The lowest BCUT2D eigenvalue weighted by molar-refractivity contribution is 0.155. The van der Waals surface area contributed by atoms with Crippen molar-refractivity contribution in [3.8, 4) is 0 Å².